The maximum atomic E-state index is 13.3. The van der Waals surface area contributed by atoms with E-state index in [4.69, 9.17) is 32.5 Å². The molecule has 0 bridgehead atoms. The topological polar surface area (TPSA) is 119 Å². The van der Waals surface area contributed by atoms with Crippen molar-refractivity contribution in [1.82, 2.24) is 0 Å². The SMILES string of the molecule is C=C(C)C(=O)Oc1cc(-c2ccc(-c3ccc(OCCCCOC)cc3)cc2)cc(-c2ccc(C=C(C)C(=O)O)c(OCCCO[Si](C)(C)C(C)(C)C)c2)c1OCCCCO[Si](C)(C)C(C)(C)C. The lowest BCUT2D eigenvalue weighted by Crippen LogP contribution is -2.41. The van der Waals surface area contributed by atoms with Gasteiger partial charge in [0.15, 0.2) is 28.1 Å². The fourth-order valence-corrected chi connectivity index (χ4v) is 8.66. The van der Waals surface area contributed by atoms with E-state index in [-0.39, 0.29) is 27.0 Å². The minimum Gasteiger partial charge on any atom is -0.494 e. The number of hydrogen-bond acceptors (Lipinski definition) is 9. The molecule has 0 aliphatic rings. The van der Waals surface area contributed by atoms with Gasteiger partial charge in [-0.05, 0) is 140 Å². The summed E-state index contributed by atoms with van der Waals surface area (Å²) >= 11 is 0. The molecule has 0 unspecified atom stereocenters. The van der Waals surface area contributed by atoms with Gasteiger partial charge in [0.2, 0.25) is 0 Å². The zero-order chi connectivity index (χ0) is 50.3. The van der Waals surface area contributed by atoms with Gasteiger partial charge < -0.3 is 37.6 Å². The molecule has 0 fully saturated rings. The summed E-state index contributed by atoms with van der Waals surface area (Å²) in [6.45, 7) is 32.5. The predicted molar refractivity (Wildman–Crippen MR) is 282 cm³/mol. The minimum absolute atomic E-state index is 0.0765. The van der Waals surface area contributed by atoms with Gasteiger partial charge in [0.1, 0.15) is 11.5 Å². The van der Waals surface area contributed by atoms with Crippen LogP contribution in [0, 0.1) is 0 Å². The number of unbranched alkanes of at least 4 members (excludes halogenated alkanes) is 2. The molecule has 0 radical (unpaired) electrons. The number of methoxy groups -OCH3 is 1. The van der Waals surface area contributed by atoms with Gasteiger partial charge in [-0.3, -0.25) is 0 Å². The van der Waals surface area contributed by atoms with Crippen LogP contribution in [-0.4, -0.2) is 80.4 Å². The summed E-state index contributed by atoms with van der Waals surface area (Å²) in [7, 11) is -2.17. The fourth-order valence-electron chi connectivity index (χ4n) is 6.48. The molecule has 4 rings (SSSR count). The average Bonchev–Trinajstić information content (AvgIpc) is 3.27. The Labute approximate surface area is 409 Å². The quantitative estimate of drug-likeness (QED) is 0.0214. The van der Waals surface area contributed by atoms with Crippen LogP contribution in [0.4, 0.5) is 0 Å². The Kier molecular flexibility index (Phi) is 20.5. The van der Waals surface area contributed by atoms with Crippen LogP contribution in [0.2, 0.25) is 36.3 Å². The van der Waals surface area contributed by atoms with E-state index in [0.29, 0.717) is 68.5 Å². The molecule has 0 saturated heterocycles. The number of carboxylic acid groups (broad SMARTS) is 1. The van der Waals surface area contributed by atoms with E-state index in [1.54, 1.807) is 27.0 Å². The standard InChI is InChI=1S/C56H78O10Si2/c1-40(2)54(59)66-51-39-47(44-22-20-42(21-23-44)43-26-28-48(29-27-43)61-31-16-15-30-60-10)37-49(52(51)63-32-17-18-34-64-67(11,12)55(4,5)6)45-24-25-46(36-41(3)53(57)58)50(38-45)62-33-19-35-65-68(13,14)56(7,8)9/h20-29,36-39H,1,15-19,30-35H2,2-14H3,(H,57,58). The Balaban J connectivity index is 1.77. The van der Waals surface area contributed by atoms with Gasteiger partial charge in [0.05, 0.1) is 19.8 Å². The van der Waals surface area contributed by atoms with E-state index in [2.05, 4.69) is 98.6 Å². The zero-order valence-corrected chi connectivity index (χ0v) is 45.2. The highest BCUT2D eigenvalue weighted by Gasteiger charge is 2.37. The van der Waals surface area contributed by atoms with Gasteiger partial charge in [0, 0.05) is 55.6 Å². The van der Waals surface area contributed by atoms with Crippen molar-refractivity contribution < 1.29 is 47.2 Å². The summed E-state index contributed by atoms with van der Waals surface area (Å²) in [5, 5.41) is 10.0. The summed E-state index contributed by atoms with van der Waals surface area (Å²) in [6.07, 6.45) is 5.62. The monoisotopic (exact) mass is 967 g/mol. The van der Waals surface area contributed by atoms with Crippen LogP contribution in [0.3, 0.4) is 0 Å². The molecule has 68 heavy (non-hydrogen) atoms. The largest absolute Gasteiger partial charge is 0.494 e. The first-order chi connectivity index (χ1) is 31.9. The molecule has 10 nitrogen and oxygen atoms in total. The molecule has 0 heterocycles. The summed E-state index contributed by atoms with van der Waals surface area (Å²) < 4.78 is 43.2. The highest BCUT2D eigenvalue weighted by Crippen LogP contribution is 2.45. The van der Waals surface area contributed by atoms with Gasteiger partial charge >= 0.3 is 11.9 Å². The lowest BCUT2D eigenvalue weighted by molar-refractivity contribution is -0.132. The Morgan fingerprint density at radius 3 is 1.60 bits per heavy atom. The average molecular weight is 967 g/mol. The molecule has 4 aromatic carbocycles. The van der Waals surface area contributed by atoms with E-state index < -0.39 is 28.6 Å². The zero-order valence-electron chi connectivity index (χ0n) is 43.2. The third kappa shape index (κ3) is 16.3. The number of carbonyl (C=O) groups is 2. The van der Waals surface area contributed by atoms with E-state index in [1.807, 2.05) is 54.6 Å². The van der Waals surface area contributed by atoms with Crippen LogP contribution in [0.25, 0.3) is 39.5 Å². The van der Waals surface area contributed by atoms with Crippen LogP contribution >= 0.6 is 0 Å². The lowest BCUT2D eigenvalue weighted by Gasteiger charge is -2.36. The van der Waals surface area contributed by atoms with E-state index in [9.17, 15) is 14.7 Å². The number of rotatable bonds is 26. The molecule has 0 spiro atoms. The molecule has 0 aliphatic heterocycles. The number of esters is 1. The van der Waals surface area contributed by atoms with Crippen molar-refractivity contribution in [1.29, 1.82) is 0 Å². The predicted octanol–water partition coefficient (Wildman–Crippen LogP) is 14.4. The number of aliphatic carboxylic acids is 1. The second-order valence-corrected chi connectivity index (χ2v) is 30.1. The van der Waals surface area contributed by atoms with E-state index >= 15 is 0 Å². The maximum Gasteiger partial charge on any atom is 0.338 e. The molecule has 12 heteroatoms. The van der Waals surface area contributed by atoms with E-state index in [1.165, 1.54) is 0 Å². The second kappa shape index (κ2) is 25.0. The third-order valence-corrected chi connectivity index (χ3v) is 22.0. The third-order valence-electron chi connectivity index (χ3n) is 12.9. The van der Waals surface area contributed by atoms with Crippen LogP contribution in [-0.2, 0) is 23.2 Å². The lowest BCUT2D eigenvalue weighted by atomic mass is 9.95. The number of benzene rings is 4. The van der Waals surface area contributed by atoms with Crippen molar-refractivity contribution >= 4 is 34.6 Å². The van der Waals surface area contributed by atoms with Crippen LogP contribution in [0.5, 0.6) is 23.0 Å². The van der Waals surface area contributed by atoms with Crippen molar-refractivity contribution in [2.75, 3.05) is 46.8 Å². The van der Waals surface area contributed by atoms with Crippen molar-refractivity contribution in [3.05, 3.63) is 102 Å². The summed E-state index contributed by atoms with van der Waals surface area (Å²) in [6, 6.07) is 25.8. The molecule has 0 aliphatic carbocycles. The number of ether oxygens (including phenoxy) is 5. The first-order valence-electron chi connectivity index (χ1n) is 23.9. The van der Waals surface area contributed by atoms with Gasteiger partial charge in [-0.15, -0.1) is 0 Å². The molecule has 370 valence electrons. The molecule has 0 amide bonds. The van der Waals surface area contributed by atoms with Crippen molar-refractivity contribution in [3.63, 3.8) is 0 Å². The smallest absolute Gasteiger partial charge is 0.338 e. The van der Waals surface area contributed by atoms with Gasteiger partial charge in [-0.1, -0.05) is 96.7 Å². The second-order valence-electron chi connectivity index (χ2n) is 20.5. The van der Waals surface area contributed by atoms with E-state index in [0.717, 1.165) is 59.4 Å². The van der Waals surface area contributed by atoms with Gasteiger partial charge in [-0.25, -0.2) is 9.59 Å². The number of hydrogen-bond donors (Lipinski definition) is 1. The van der Waals surface area contributed by atoms with Gasteiger partial charge in [0.25, 0.3) is 0 Å². The van der Waals surface area contributed by atoms with Gasteiger partial charge in [-0.2, -0.15) is 0 Å². The molecule has 0 aromatic heterocycles. The molecule has 0 saturated carbocycles. The Hall–Kier alpha value is -4.99. The molecular formula is C56H78O10Si2. The normalized spacial score (nSPS) is 12.5. The van der Waals surface area contributed by atoms with Crippen LogP contribution in [0.1, 0.15) is 93.1 Å². The highest BCUT2D eigenvalue weighted by atomic mass is 28.4. The first kappa shape index (κ1) is 55.6. The first-order valence-corrected chi connectivity index (χ1v) is 29.7. The number of carboxylic acids is 1. The van der Waals surface area contributed by atoms with Crippen molar-refractivity contribution in [2.45, 2.75) is 124 Å². The minimum atomic E-state index is -1.96. The molecule has 4 aromatic rings. The van der Waals surface area contributed by atoms with Crippen LogP contribution in [0.15, 0.2) is 96.6 Å². The van der Waals surface area contributed by atoms with Crippen LogP contribution < -0.4 is 18.9 Å². The fraction of sp³-hybridized carbons (Fsp3) is 0.464. The summed E-state index contributed by atoms with van der Waals surface area (Å²) in [5.74, 6) is 0.366. The Morgan fingerprint density at radius 1 is 0.588 bits per heavy atom. The number of carbonyl (C=O) groups excluding carboxylic acids is 1. The highest BCUT2D eigenvalue weighted by molar-refractivity contribution is 6.74. The maximum absolute atomic E-state index is 13.3. The molecule has 1 N–H and O–H groups in total. The van der Waals surface area contributed by atoms with Crippen molar-refractivity contribution in [3.8, 4) is 56.4 Å². The molecule has 0 atom stereocenters. The molecular weight excluding hydrogens is 889 g/mol. The van der Waals surface area contributed by atoms with Crippen molar-refractivity contribution in [2.24, 2.45) is 0 Å². The summed E-state index contributed by atoms with van der Waals surface area (Å²) in [4.78, 5) is 25.3. The summed E-state index contributed by atoms with van der Waals surface area (Å²) in [5.41, 5.74) is 6.19. The Morgan fingerprint density at radius 2 is 1.06 bits per heavy atom. The Bertz CT molecular complexity index is 2320.